The number of hydrogen-bond acceptors (Lipinski definition) is 6. The van der Waals surface area contributed by atoms with Crippen LogP contribution in [0.4, 0.5) is 0 Å². The van der Waals surface area contributed by atoms with Gasteiger partial charge in [0.2, 0.25) is 5.88 Å². The number of amides is 1. The van der Waals surface area contributed by atoms with E-state index in [1.54, 1.807) is 19.4 Å². The predicted molar refractivity (Wildman–Crippen MR) is 120 cm³/mol. The molecule has 0 bridgehead atoms. The molecule has 1 fully saturated rings. The summed E-state index contributed by atoms with van der Waals surface area (Å²) in [6.45, 7) is 4.43. The molecular weight excluding hydrogens is 429 g/mol. The van der Waals surface area contributed by atoms with E-state index in [0.29, 0.717) is 43.4 Å². The number of aromatic nitrogens is 1. The number of rotatable bonds is 8. The number of methoxy groups -OCH3 is 1. The minimum Gasteiger partial charge on any atom is -0.490 e. The number of carbonyl (C=O) groups excluding carboxylic acids is 1. The topological polar surface area (TPSA) is 81.7 Å². The molecule has 1 saturated heterocycles. The van der Waals surface area contributed by atoms with Crippen LogP contribution in [0.25, 0.3) is 0 Å². The minimum atomic E-state index is -0.745. The summed E-state index contributed by atoms with van der Waals surface area (Å²) in [6, 6.07) is 11.1. The van der Waals surface area contributed by atoms with Crippen LogP contribution in [0.1, 0.15) is 25.3 Å². The van der Waals surface area contributed by atoms with Crippen LogP contribution < -0.4 is 20.1 Å². The highest BCUT2D eigenvalue weighted by atomic mass is 35.5. The van der Waals surface area contributed by atoms with Crippen LogP contribution in [0.5, 0.6) is 17.4 Å². The molecule has 2 N–H and O–H groups in total. The van der Waals surface area contributed by atoms with Crippen LogP contribution >= 0.6 is 24.8 Å². The van der Waals surface area contributed by atoms with Crippen molar-refractivity contribution in [2.24, 2.45) is 0 Å². The molecule has 0 atom stereocenters. The summed E-state index contributed by atoms with van der Waals surface area (Å²) < 4.78 is 16.9. The average Bonchev–Trinajstić information content (AvgIpc) is 2.75. The third kappa shape index (κ3) is 6.47. The number of halogens is 2. The van der Waals surface area contributed by atoms with Crippen molar-refractivity contribution in [2.45, 2.75) is 31.9 Å². The van der Waals surface area contributed by atoms with Crippen LogP contribution in [0.2, 0.25) is 0 Å². The van der Waals surface area contributed by atoms with Gasteiger partial charge < -0.3 is 24.8 Å². The third-order valence-corrected chi connectivity index (χ3v) is 4.83. The fourth-order valence-electron chi connectivity index (χ4n) is 3.20. The third-order valence-electron chi connectivity index (χ3n) is 4.83. The van der Waals surface area contributed by atoms with Gasteiger partial charge in [-0.15, -0.1) is 24.8 Å². The van der Waals surface area contributed by atoms with E-state index in [4.69, 9.17) is 14.2 Å². The van der Waals surface area contributed by atoms with Crippen molar-refractivity contribution in [1.29, 1.82) is 0 Å². The van der Waals surface area contributed by atoms with E-state index < -0.39 is 5.60 Å². The standard InChI is InChI=1S/C21H27N3O4.2ClH/c1-3-27-17-6-4-5-7-18(17)28-19-9-8-16(14-23-19)15-24-20(25)21(26-2)10-12-22-13-11-21;;/h4-9,14,22H,3,10-13,15H2,1-2H3,(H,24,25);2*1H. The first-order valence-corrected chi connectivity index (χ1v) is 9.55. The number of carbonyl (C=O) groups is 1. The fourth-order valence-corrected chi connectivity index (χ4v) is 3.20. The molecule has 30 heavy (non-hydrogen) atoms. The van der Waals surface area contributed by atoms with Crippen LogP contribution in [0.15, 0.2) is 42.6 Å². The summed E-state index contributed by atoms with van der Waals surface area (Å²) in [6.07, 6.45) is 3.03. The predicted octanol–water partition coefficient (Wildman–Crippen LogP) is 3.50. The van der Waals surface area contributed by atoms with Crippen molar-refractivity contribution in [3.8, 4) is 17.4 Å². The van der Waals surface area contributed by atoms with E-state index in [2.05, 4.69) is 15.6 Å². The molecule has 0 unspecified atom stereocenters. The summed E-state index contributed by atoms with van der Waals surface area (Å²) in [4.78, 5) is 16.9. The molecule has 0 saturated carbocycles. The molecule has 9 heteroatoms. The molecular formula is C21H29Cl2N3O4. The Bertz CT molecular complexity index is 784. The van der Waals surface area contributed by atoms with Crippen molar-refractivity contribution in [3.63, 3.8) is 0 Å². The van der Waals surface area contributed by atoms with Crippen molar-refractivity contribution in [3.05, 3.63) is 48.2 Å². The highest BCUT2D eigenvalue weighted by molar-refractivity contribution is 5.86. The molecule has 2 aromatic rings. The second kappa shape index (κ2) is 12.6. The molecule has 0 aliphatic carbocycles. The van der Waals surface area contributed by atoms with E-state index in [0.717, 1.165) is 18.7 Å². The smallest absolute Gasteiger partial charge is 0.252 e. The van der Waals surface area contributed by atoms with Crippen molar-refractivity contribution in [1.82, 2.24) is 15.6 Å². The number of pyridine rings is 1. The Morgan fingerprint density at radius 2 is 1.83 bits per heavy atom. The zero-order valence-electron chi connectivity index (χ0n) is 17.2. The number of benzene rings is 1. The Morgan fingerprint density at radius 1 is 1.13 bits per heavy atom. The molecule has 1 amide bonds. The first kappa shape index (κ1) is 26.0. The zero-order valence-corrected chi connectivity index (χ0v) is 18.8. The van der Waals surface area contributed by atoms with Crippen LogP contribution in [-0.4, -0.2) is 43.3 Å². The van der Waals surface area contributed by atoms with Crippen molar-refractivity contribution in [2.75, 3.05) is 26.8 Å². The monoisotopic (exact) mass is 457 g/mol. The van der Waals surface area contributed by atoms with Gasteiger partial charge in [-0.25, -0.2) is 4.98 Å². The normalized spacial score (nSPS) is 14.6. The van der Waals surface area contributed by atoms with Crippen molar-refractivity contribution >= 4 is 30.7 Å². The largest absolute Gasteiger partial charge is 0.490 e. The van der Waals surface area contributed by atoms with Gasteiger partial charge in [-0.1, -0.05) is 18.2 Å². The van der Waals surface area contributed by atoms with Gasteiger partial charge in [0.1, 0.15) is 5.60 Å². The Balaban J connectivity index is 0.00000225. The lowest BCUT2D eigenvalue weighted by molar-refractivity contribution is -0.146. The maximum absolute atomic E-state index is 12.6. The number of nitrogens with one attached hydrogen (secondary N) is 2. The van der Waals surface area contributed by atoms with Crippen LogP contribution in [0, 0.1) is 0 Å². The lowest BCUT2D eigenvalue weighted by atomic mass is 9.91. The number of hydrogen-bond donors (Lipinski definition) is 2. The van der Waals surface area contributed by atoms with Gasteiger partial charge >= 0.3 is 0 Å². The van der Waals surface area contributed by atoms with E-state index in [-0.39, 0.29) is 30.7 Å². The fraction of sp³-hybridized carbons (Fsp3) is 0.429. The number of para-hydroxylation sites is 2. The summed E-state index contributed by atoms with van der Waals surface area (Å²) in [5, 5.41) is 6.21. The number of piperidine rings is 1. The second-order valence-electron chi connectivity index (χ2n) is 6.62. The average molecular weight is 458 g/mol. The highest BCUT2D eigenvalue weighted by Crippen LogP contribution is 2.30. The number of nitrogens with zero attached hydrogens (tertiary/aromatic N) is 1. The van der Waals surface area contributed by atoms with Gasteiger partial charge in [0.15, 0.2) is 11.5 Å². The molecule has 0 spiro atoms. The van der Waals surface area contributed by atoms with E-state index >= 15 is 0 Å². The first-order chi connectivity index (χ1) is 13.7. The Kier molecular flexibility index (Phi) is 10.9. The zero-order chi connectivity index (χ0) is 19.8. The highest BCUT2D eigenvalue weighted by Gasteiger charge is 2.39. The van der Waals surface area contributed by atoms with Crippen LogP contribution in [-0.2, 0) is 16.1 Å². The van der Waals surface area contributed by atoms with Gasteiger partial charge in [0.05, 0.1) is 6.61 Å². The lowest BCUT2D eigenvalue weighted by Crippen LogP contribution is -2.53. The van der Waals surface area contributed by atoms with Gasteiger partial charge in [0, 0.05) is 25.9 Å². The van der Waals surface area contributed by atoms with Gasteiger partial charge in [-0.2, -0.15) is 0 Å². The maximum Gasteiger partial charge on any atom is 0.252 e. The molecule has 1 aromatic heterocycles. The van der Waals surface area contributed by atoms with E-state index in [9.17, 15) is 4.79 Å². The molecule has 1 aliphatic rings. The Labute approximate surface area is 189 Å². The number of ether oxygens (including phenoxy) is 3. The molecule has 7 nitrogen and oxygen atoms in total. The molecule has 0 radical (unpaired) electrons. The van der Waals surface area contributed by atoms with E-state index in [1.165, 1.54) is 0 Å². The van der Waals surface area contributed by atoms with Gasteiger partial charge in [-0.3, -0.25) is 4.79 Å². The summed E-state index contributed by atoms with van der Waals surface area (Å²) in [5.41, 5.74) is 0.143. The molecule has 166 valence electrons. The quantitative estimate of drug-likeness (QED) is 0.630. The maximum atomic E-state index is 12.6. The van der Waals surface area contributed by atoms with Crippen LogP contribution in [0.3, 0.4) is 0 Å². The van der Waals surface area contributed by atoms with Crippen molar-refractivity contribution < 1.29 is 19.0 Å². The molecule has 1 aromatic carbocycles. The Morgan fingerprint density at radius 3 is 2.43 bits per heavy atom. The second-order valence-corrected chi connectivity index (χ2v) is 6.62. The molecule has 3 rings (SSSR count). The lowest BCUT2D eigenvalue weighted by Gasteiger charge is -2.34. The molecule has 1 aliphatic heterocycles. The first-order valence-electron chi connectivity index (χ1n) is 9.55. The van der Waals surface area contributed by atoms with E-state index in [1.807, 2.05) is 37.3 Å². The summed E-state index contributed by atoms with van der Waals surface area (Å²) in [7, 11) is 1.60. The summed E-state index contributed by atoms with van der Waals surface area (Å²) >= 11 is 0. The minimum absolute atomic E-state index is 0. The van der Waals surface area contributed by atoms with Gasteiger partial charge in [-0.05, 0) is 50.6 Å². The SMILES string of the molecule is CCOc1ccccc1Oc1ccc(CNC(=O)C2(OC)CCNCC2)cn1.Cl.Cl. The Hall–Kier alpha value is -2.06. The van der Waals surface area contributed by atoms with Gasteiger partial charge in [0.25, 0.3) is 5.91 Å². The molecule has 2 heterocycles. The summed E-state index contributed by atoms with van der Waals surface area (Å²) in [5.74, 6) is 1.68.